The van der Waals surface area contributed by atoms with Gasteiger partial charge in [-0.2, -0.15) is 0 Å². The highest BCUT2D eigenvalue weighted by Crippen LogP contribution is 2.36. The second-order valence-corrected chi connectivity index (χ2v) is 10.4. The molecule has 5 aromatic carbocycles. The van der Waals surface area contributed by atoms with Crippen molar-refractivity contribution in [3.05, 3.63) is 151 Å². The van der Waals surface area contributed by atoms with Crippen molar-refractivity contribution in [1.29, 1.82) is 0 Å². The first-order chi connectivity index (χ1) is 19.3. The molecule has 0 spiro atoms. The molecule has 0 bridgehead atoms. The number of aromatic nitrogens is 1. The lowest BCUT2D eigenvalue weighted by Gasteiger charge is -2.33. The van der Waals surface area contributed by atoms with Crippen LogP contribution in [0.25, 0.3) is 49.4 Å². The predicted molar refractivity (Wildman–Crippen MR) is 162 cm³/mol. The standard InChI is InChI=1S/C36H27N3/c1-2-10-24(11-3-1)25-18-20-27(21-19-25)35-29-14-6-8-16-31(29)37-36(38-35)39-32-17-9-7-15-30(32)34-28-13-5-4-12-26(28)22-23-33(34)39/h1-23,31,36-38H/p+1. The van der Waals surface area contributed by atoms with E-state index in [4.69, 9.17) is 0 Å². The van der Waals surface area contributed by atoms with Gasteiger partial charge in [-0.25, -0.2) is 5.32 Å². The number of benzene rings is 5. The van der Waals surface area contributed by atoms with Crippen LogP contribution in [0, 0.1) is 0 Å². The first-order valence-corrected chi connectivity index (χ1v) is 13.6. The highest BCUT2D eigenvalue weighted by atomic mass is 15.3. The average molecular weight is 503 g/mol. The molecule has 3 N–H and O–H groups in total. The molecule has 0 fully saturated rings. The Bertz CT molecular complexity index is 1960. The Morgan fingerprint density at radius 3 is 2.18 bits per heavy atom. The number of rotatable bonds is 3. The van der Waals surface area contributed by atoms with Crippen LogP contribution in [-0.2, 0) is 0 Å². The largest absolute Gasteiger partial charge is 0.280 e. The fourth-order valence-corrected chi connectivity index (χ4v) is 6.38. The van der Waals surface area contributed by atoms with Crippen molar-refractivity contribution in [2.45, 2.75) is 12.3 Å². The topological polar surface area (TPSA) is 33.6 Å². The third-order valence-corrected chi connectivity index (χ3v) is 8.19. The van der Waals surface area contributed by atoms with Gasteiger partial charge in [0.1, 0.15) is 5.70 Å². The van der Waals surface area contributed by atoms with E-state index in [-0.39, 0.29) is 12.3 Å². The Balaban J connectivity index is 1.29. The molecule has 2 atom stereocenters. The normalized spacial score (nSPS) is 18.8. The number of hydrogen-bond donors (Lipinski definition) is 2. The number of allylic oxidation sites excluding steroid dienone is 2. The van der Waals surface area contributed by atoms with Gasteiger partial charge in [0.2, 0.25) is 6.29 Å². The van der Waals surface area contributed by atoms with Crippen molar-refractivity contribution < 1.29 is 5.32 Å². The molecule has 6 aromatic rings. The Hall–Kier alpha value is -4.70. The number of nitrogens with one attached hydrogen (secondary N) is 1. The molecule has 0 saturated carbocycles. The first kappa shape index (κ1) is 22.3. The Kier molecular flexibility index (Phi) is 5.12. The Morgan fingerprint density at radius 1 is 0.590 bits per heavy atom. The quantitative estimate of drug-likeness (QED) is 0.265. The molecule has 1 aromatic heterocycles. The van der Waals surface area contributed by atoms with E-state index in [9.17, 15) is 0 Å². The zero-order valence-electron chi connectivity index (χ0n) is 21.5. The van der Waals surface area contributed by atoms with Crippen molar-refractivity contribution in [1.82, 2.24) is 9.88 Å². The molecule has 0 amide bonds. The van der Waals surface area contributed by atoms with Gasteiger partial charge in [-0.15, -0.1) is 0 Å². The fraction of sp³-hybridized carbons (Fsp3) is 0.0556. The Labute approximate surface area is 227 Å². The summed E-state index contributed by atoms with van der Waals surface area (Å²) >= 11 is 0. The van der Waals surface area contributed by atoms with E-state index < -0.39 is 0 Å². The maximum Gasteiger partial charge on any atom is 0.229 e. The molecule has 2 aliphatic rings. The number of para-hydroxylation sites is 1. The molecular formula is C36H28N3+. The van der Waals surface area contributed by atoms with Crippen LogP contribution in [0.5, 0.6) is 0 Å². The molecule has 2 unspecified atom stereocenters. The van der Waals surface area contributed by atoms with Gasteiger partial charge in [0.25, 0.3) is 0 Å². The Morgan fingerprint density at radius 2 is 1.31 bits per heavy atom. The number of hydrogen-bond acceptors (Lipinski definition) is 1. The summed E-state index contributed by atoms with van der Waals surface area (Å²) in [5.74, 6) is 0. The molecule has 1 aliphatic heterocycles. The van der Waals surface area contributed by atoms with Crippen molar-refractivity contribution in [3.8, 4) is 11.1 Å². The van der Waals surface area contributed by atoms with Crippen molar-refractivity contribution in [2.24, 2.45) is 0 Å². The van der Waals surface area contributed by atoms with Gasteiger partial charge in [-0.3, -0.25) is 9.88 Å². The summed E-state index contributed by atoms with van der Waals surface area (Å²) in [5.41, 5.74) is 8.82. The summed E-state index contributed by atoms with van der Waals surface area (Å²) in [6.07, 6.45) is 8.83. The average Bonchev–Trinajstić information content (AvgIpc) is 3.36. The minimum atomic E-state index is 0.00209. The SMILES string of the molecule is C1=CC2=C(c3ccc(-c4ccccc4)cc3)[NH2+]C(n3c4ccccc4c4c5ccccc5ccc43)NC2C=C1. The molecule has 8 rings (SSSR count). The van der Waals surface area contributed by atoms with Crippen molar-refractivity contribution >= 4 is 38.3 Å². The van der Waals surface area contributed by atoms with Crippen LogP contribution in [-0.4, -0.2) is 10.6 Å². The van der Waals surface area contributed by atoms with Crippen LogP contribution in [0.3, 0.4) is 0 Å². The minimum absolute atomic E-state index is 0.00209. The molecule has 3 heteroatoms. The van der Waals surface area contributed by atoms with Gasteiger partial charge in [0, 0.05) is 21.9 Å². The lowest BCUT2D eigenvalue weighted by molar-refractivity contribution is -0.637. The van der Waals surface area contributed by atoms with E-state index in [0.717, 1.165) is 0 Å². The summed E-state index contributed by atoms with van der Waals surface area (Å²) < 4.78 is 2.48. The van der Waals surface area contributed by atoms with Crippen LogP contribution >= 0.6 is 0 Å². The third kappa shape index (κ3) is 3.59. The maximum absolute atomic E-state index is 3.94. The number of fused-ring (bicyclic) bond motifs is 6. The summed E-state index contributed by atoms with van der Waals surface area (Å²) in [6.45, 7) is 0. The fourth-order valence-electron chi connectivity index (χ4n) is 6.38. The van der Waals surface area contributed by atoms with Gasteiger partial charge in [-0.05, 0) is 46.2 Å². The lowest BCUT2D eigenvalue weighted by atomic mass is 9.93. The van der Waals surface area contributed by atoms with E-state index in [2.05, 4.69) is 155 Å². The lowest BCUT2D eigenvalue weighted by Crippen LogP contribution is -2.89. The minimum Gasteiger partial charge on any atom is -0.280 e. The van der Waals surface area contributed by atoms with Gasteiger partial charge in [0.05, 0.1) is 17.1 Å². The number of nitrogens with zero attached hydrogens (tertiary/aromatic N) is 1. The first-order valence-electron chi connectivity index (χ1n) is 13.6. The molecule has 186 valence electrons. The zero-order chi connectivity index (χ0) is 25.8. The van der Waals surface area contributed by atoms with Gasteiger partial charge >= 0.3 is 0 Å². The predicted octanol–water partition coefficient (Wildman–Crippen LogP) is 7.14. The monoisotopic (exact) mass is 502 g/mol. The van der Waals surface area contributed by atoms with Gasteiger partial charge < -0.3 is 0 Å². The number of quaternary nitrogens is 1. The van der Waals surface area contributed by atoms with Crippen molar-refractivity contribution in [3.63, 3.8) is 0 Å². The summed E-state index contributed by atoms with van der Waals surface area (Å²) in [4.78, 5) is 0. The van der Waals surface area contributed by atoms with E-state index in [0.29, 0.717) is 0 Å². The van der Waals surface area contributed by atoms with Gasteiger partial charge in [-0.1, -0.05) is 115 Å². The highest BCUT2D eigenvalue weighted by molar-refractivity contribution is 6.20. The smallest absolute Gasteiger partial charge is 0.229 e. The van der Waals surface area contributed by atoms with E-state index >= 15 is 0 Å². The molecule has 0 radical (unpaired) electrons. The number of nitrogens with two attached hydrogens (primary N) is 1. The summed E-state index contributed by atoms with van der Waals surface area (Å²) in [7, 11) is 0. The molecule has 1 aliphatic carbocycles. The van der Waals surface area contributed by atoms with Crippen LogP contribution in [0.4, 0.5) is 0 Å². The van der Waals surface area contributed by atoms with Gasteiger partial charge in [0.15, 0.2) is 0 Å². The molecule has 0 saturated heterocycles. The van der Waals surface area contributed by atoms with E-state index in [1.54, 1.807) is 0 Å². The molecule has 39 heavy (non-hydrogen) atoms. The zero-order valence-corrected chi connectivity index (χ0v) is 21.5. The molecule has 3 nitrogen and oxygen atoms in total. The highest BCUT2D eigenvalue weighted by Gasteiger charge is 2.33. The van der Waals surface area contributed by atoms with Crippen LogP contribution in [0.15, 0.2) is 145 Å². The summed E-state index contributed by atoms with van der Waals surface area (Å²) in [6, 6.07) is 41.8. The van der Waals surface area contributed by atoms with E-state index in [1.165, 1.54) is 60.5 Å². The van der Waals surface area contributed by atoms with Crippen molar-refractivity contribution in [2.75, 3.05) is 0 Å². The molecule has 2 heterocycles. The third-order valence-electron chi connectivity index (χ3n) is 8.19. The second-order valence-electron chi connectivity index (χ2n) is 10.4. The van der Waals surface area contributed by atoms with E-state index in [1.807, 2.05) is 0 Å². The maximum atomic E-state index is 3.94. The molecular weight excluding hydrogens is 474 g/mol. The van der Waals surface area contributed by atoms with Crippen LogP contribution in [0.2, 0.25) is 0 Å². The summed E-state index contributed by atoms with van der Waals surface area (Å²) in [5, 5.41) is 11.5. The second kappa shape index (κ2) is 8.95. The van der Waals surface area contributed by atoms with Crippen LogP contribution in [0.1, 0.15) is 11.9 Å². The van der Waals surface area contributed by atoms with Crippen LogP contribution < -0.4 is 10.6 Å².